The number of hydrogen-bond donors (Lipinski definition) is 0. The lowest BCUT2D eigenvalue weighted by Crippen LogP contribution is -2.52. The summed E-state index contributed by atoms with van der Waals surface area (Å²) >= 11 is 12.1. The molecule has 1 spiro atoms. The Bertz CT molecular complexity index is 978. The number of Topliss-reactive ketones (excluding diaryl/α,β-unsaturated/α-hetero) is 1. The molecular formula is C22H21Cl2NO3. The van der Waals surface area contributed by atoms with E-state index in [1.54, 1.807) is 23.1 Å². The smallest absolute Gasteiger partial charge is 0.255 e. The minimum absolute atomic E-state index is 0.116. The van der Waals surface area contributed by atoms with Crippen LogP contribution in [0.1, 0.15) is 51.1 Å². The predicted molar refractivity (Wildman–Crippen MR) is 110 cm³/mol. The van der Waals surface area contributed by atoms with Crippen LogP contribution in [0.25, 0.3) is 0 Å². The molecule has 4 rings (SSSR count). The van der Waals surface area contributed by atoms with Crippen molar-refractivity contribution in [2.24, 2.45) is 0 Å². The highest BCUT2D eigenvalue weighted by Gasteiger charge is 2.44. The van der Waals surface area contributed by atoms with Crippen LogP contribution in [0, 0.1) is 13.8 Å². The molecule has 0 saturated carbocycles. The number of carbonyl (C=O) groups excluding carboxylic acids is 2. The fraction of sp³-hybridized carbons (Fsp3) is 0.364. The summed E-state index contributed by atoms with van der Waals surface area (Å²) in [7, 11) is 0. The molecule has 4 nitrogen and oxygen atoms in total. The van der Waals surface area contributed by atoms with E-state index in [0.29, 0.717) is 59.3 Å². The molecule has 1 fully saturated rings. The number of piperidine rings is 1. The monoisotopic (exact) mass is 417 g/mol. The summed E-state index contributed by atoms with van der Waals surface area (Å²) in [6.45, 7) is 5.04. The van der Waals surface area contributed by atoms with Gasteiger partial charge >= 0.3 is 0 Å². The van der Waals surface area contributed by atoms with Crippen molar-refractivity contribution >= 4 is 34.9 Å². The summed E-state index contributed by atoms with van der Waals surface area (Å²) in [5.41, 5.74) is 2.69. The first-order valence-corrected chi connectivity index (χ1v) is 10.1. The van der Waals surface area contributed by atoms with Crippen LogP contribution in [0.2, 0.25) is 10.0 Å². The Labute approximate surface area is 174 Å². The molecule has 0 radical (unpaired) electrons. The van der Waals surface area contributed by atoms with E-state index in [4.69, 9.17) is 27.9 Å². The summed E-state index contributed by atoms with van der Waals surface area (Å²) in [6.07, 6.45) is 1.58. The van der Waals surface area contributed by atoms with Crippen LogP contribution in [0.15, 0.2) is 30.3 Å². The second kappa shape index (κ2) is 7.09. The number of fused-ring (bicyclic) bond motifs is 1. The third-order valence-electron chi connectivity index (χ3n) is 5.90. The molecule has 2 aromatic carbocycles. The predicted octanol–water partition coefficient (Wildman–Crippen LogP) is 5.25. The molecule has 146 valence electrons. The lowest BCUT2D eigenvalue weighted by molar-refractivity contribution is -0.00619. The maximum absolute atomic E-state index is 12.9. The number of benzene rings is 2. The standard InChI is InChI=1S/C22H21Cl2NO3/c1-13-3-5-17-19(26)12-22(28-20(17)14(13)2)7-9-25(10-8-22)21(27)16-6-4-15(23)11-18(16)24/h3-6,11H,7-10,12H2,1-2H3. The van der Waals surface area contributed by atoms with Gasteiger partial charge in [-0.25, -0.2) is 0 Å². The van der Waals surface area contributed by atoms with Crippen molar-refractivity contribution in [2.75, 3.05) is 13.1 Å². The molecule has 2 aliphatic heterocycles. The summed E-state index contributed by atoms with van der Waals surface area (Å²) in [6, 6.07) is 8.71. The van der Waals surface area contributed by atoms with Gasteiger partial charge in [-0.05, 0) is 49.2 Å². The zero-order valence-corrected chi connectivity index (χ0v) is 17.4. The molecule has 6 heteroatoms. The van der Waals surface area contributed by atoms with Crippen LogP contribution >= 0.6 is 23.2 Å². The van der Waals surface area contributed by atoms with Gasteiger partial charge in [-0.15, -0.1) is 0 Å². The van der Waals surface area contributed by atoms with Gasteiger partial charge in [0.1, 0.15) is 11.4 Å². The quantitative estimate of drug-likeness (QED) is 0.636. The van der Waals surface area contributed by atoms with E-state index in [-0.39, 0.29) is 11.7 Å². The first-order valence-electron chi connectivity index (χ1n) is 9.36. The largest absolute Gasteiger partial charge is 0.486 e. The maximum Gasteiger partial charge on any atom is 0.255 e. The lowest BCUT2D eigenvalue weighted by Gasteiger charge is -2.44. The van der Waals surface area contributed by atoms with E-state index in [2.05, 4.69) is 0 Å². The molecule has 1 saturated heterocycles. The summed E-state index contributed by atoms with van der Waals surface area (Å²) < 4.78 is 6.41. The van der Waals surface area contributed by atoms with Crippen LogP contribution in [-0.2, 0) is 0 Å². The van der Waals surface area contributed by atoms with Crippen LogP contribution < -0.4 is 4.74 Å². The second-order valence-electron chi connectivity index (χ2n) is 7.69. The number of aryl methyl sites for hydroxylation is 1. The number of rotatable bonds is 1. The van der Waals surface area contributed by atoms with E-state index in [1.807, 2.05) is 26.0 Å². The normalized spacial score (nSPS) is 18.0. The number of ketones is 1. The Morgan fingerprint density at radius 2 is 1.82 bits per heavy atom. The van der Waals surface area contributed by atoms with Gasteiger partial charge in [0.25, 0.3) is 5.91 Å². The van der Waals surface area contributed by atoms with E-state index >= 15 is 0 Å². The molecule has 0 bridgehead atoms. The number of hydrogen-bond acceptors (Lipinski definition) is 3. The third-order valence-corrected chi connectivity index (χ3v) is 6.45. The fourth-order valence-corrected chi connectivity index (χ4v) is 4.50. The van der Waals surface area contributed by atoms with Crippen LogP contribution in [-0.4, -0.2) is 35.3 Å². The Morgan fingerprint density at radius 3 is 2.50 bits per heavy atom. The molecule has 2 aromatic rings. The SMILES string of the molecule is Cc1ccc2c(c1C)OC1(CCN(C(=O)c3ccc(Cl)cc3Cl)CC1)CC2=O. The van der Waals surface area contributed by atoms with Crippen molar-refractivity contribution < 1.29 is 14.3 Å². The van der Waals surface area contributed by atoms with Gasteiger partial charge in [0, 0.05) is 31.0 Å². The van der Waals surface area contributed by atoms with E-state index < -0.39 is 5.60 Å². The average Bonchev–Trinajstić information content (AvgIpc) is 2.65. The van der Waals surface area contributed by atoms with Gasteiger partial charge in [-0.3, -0.25) is 9.59 Å². The van der Waals surface area contributed by atoms with Crippen LogP contribution in [0.3, 0.4) is 0 Å². The van der Waals surface area contributed by atoms with Gasteiger partial charge in [-0.2, -0.15) is 0 Å². The Balaban J connectivity index is 1.53. The molecule has 2 aliphatic rings. The third kappa shape index (κ3) is 3.29. The molecule has 28 heavy (non-hydrogen) atoms. The number of likely N-dealkylation sites (tertiary alicyclic amines) is 1. The number of ether oxygens (including phenoxy) is 1. The molecule has 0 aliphatic carbocycles. The zero-order chi connectivity index (χ0) is 20.1. The molecule has 2 heterocycles. The summed E-state index contributed by atoms with van der Waals surface area (Å²) in [5, 5.41) is 0.847. The number of amides is 1. The first kappa shape index (κ1) is 19.3. The molecule has 0 N–H and O–H groups in total. The average molecular weight is 418 g/mol. The number of carbonyl (C=O) groups is 2. The summed E-state index contributed by atoms with van der Waals surface area (Å²) in [5.74, 6) is 0.702. The van der Waals surface area contributed by atoms with Crippen molar-refractivity contribution in [3.8, 4) is 5.75 Å². The topological polar surface area (TPSA) is 46.6 Å². The van der Waals surface area contributed by atoms with Gasteiger partial charge in [-0.1, -0.05) is 29.3 Å². The number of halogens is 2. The maximum atomic E-state index is 12.9. The number of nitrogens with zero attached hydrogens (tertiary/aromatic N) is 1. The van der Waals surface area contributed by atoms with Gasteiger partial charge in [0.2, 0.25) is 0 Å². The lowest BCUT2D eigenvalue weighted by atomic mass is 9.81. The Morgan fingerprint density at radius 1 is 1.11 bits per heavy atom. The van der Waals surface area contributed by atoms with Crippen LogP contribution in [0.5, 0.6) is 5.75 Å². The van der Waals surface area contributed by atoms with E-state index in [1.165, 1.54) is 0 Å². The Kier molecular flexibility index (Phi) is 4.88. The van der Waals surface area contributed by atoms with Gasteiger partial charge in [0.15, 0.2) is 5.78 Å². The molecule has 1 amide bonds. The van der Waals surface area contributed by atoms with Crippen molar-refractivity contribution in [1.82, 2.24) is 4.90 Å². The highest BCUT2D eigenvalue weighted by atomic mass is 35.5. The second-order valence-corrected chi connectivity index (χ2v) is 8.53. The van der Waals surface area contributed by atoms with Gasteiger partial charge in [0.05, 0.1) is 22.6 Å². The Hall–Kier alpha value is -2.04. The zero-order valence-electron chi connectivity index (χ0n) is 15.9. The van der Waals surface area contributed by atoms with Gasteiger partial charge < -0.3 is 9.64 Å². The minimum Gasteiger partial charge on any atom is -0.486 e. The molecule has 0 aromatic heterocycles. The van der Waals surface area contributed by atoms with Crippen molar-refractivity contribution in [3.63, 3.8) is 0 Å². The minimum atomic E-state index is -0.538. The van der Waals surface area contributed by atoms with E-state index in [0.717, 1.165) is 11.1 Å². The highest BCUT2D eigenvalue weighted by Crippen LogP contribution is 2.42. The summed E-state index contributed by atoms with van der Waals surface area (Å²) in [4.78, 5) is 27.4. The fourth-order valence-electron chi connectivity index (χ4n) is 4.01. The van der Waals surface area contributed by atoms with Crippen molar-refractivity contribution in [2.45, 2.75) is 38.7 Å². The molecular weight excluding hydrogens is 397 g/mol. The molecule has 0 atom stereocenters. The van der Waals surface area contributed by atoms with Crippen molar-refractivity contribution in [1.29, 1.82) is 0 Å². The van der Waals surface area contributed by atoms with Crippen molar-refractivity contribution in [3.05, 3.63) is 62.6 Å². The first-order chi connectivity index (χ1) is 13.3. The van der Waals surface area contributed by atoms with E-state index in [9.17, 15) is 9.59 Å². The highest BCUT2D eigenvalue weighted by molar-refractivity contribution is 6.36. The van der Waals surface area contributed by atoms with Crippen LogP contribution in [0.4, 0.5) is 0 Å². The molecule has 0 unspecified atom stereocenters.